The Bertz CT molecular complexity index is 1040. The molecule has 2 aromatic heterocycles. The molecule has 0 bridgehead atoms. The quantitative estimate of drug-likeness (QED) is 0.570. The second kappa shape index (κ2) is 8.03. The number of likely N-dealkylation sites (N-methyl/N-ethyl adjacent to an activating group) is 1. The van der Waals surface area contributed by atoms with E-state index in [1.807, 2.05) is 37.3 Å². The zero-order valence-corrected chi connectivity index (χ0v) is 16.6. The summed E-state index contributed by atoms with van der Waals surface area (Å²) in [5, 5.41) is 4.47. The van der Waals surface area contributed by atoms with Gasteiger partial charge >= 0.3 is 5.97 Å². The molecule has 0 N–H and O–H groups in total. The first-order chi connectivity index (χ1) is 14.1. The maximum absolute atomic E-state index is 12.8. The Morgan fingerprint density at radius 3 is 2.69 bits per heavy atom. The highest BCUT2D eigenvalue weighted by Gasteiger charge is 2.29. The smallest absolute Gasteiger partial charge is 0.339 e. The van der Waals surface area contributed by atoms with Gasteiger partial charge in [-0.1, -0.05) is 35.5 Å². The van der Waals surface area contributed by atoms with Crippen molar-refractivity contribution in [3.63, 3.8) is 0 Å². The lowest BCUT2D eigenvalue weighted by Crippen LogP contribution is -2.34. The Morgan fingerprint density at radius 1 is 1.24 bits per heavy atom. The van der Waals surface area contributed by atoms with Crippen molar-refractivity contribution in [3.05, 3.63) is 58.9 Å². The first-order valence-corrected chi connectivity index (χ1v) is 9.82. The number of esters is 1. The molecule has 1 aliphatic rings. The third-order valence-electron chi connectivity index (χ3n) is 5.13. The fourth-order valence-electron chi connectivity index (χ4n) is 3.34. The van der Waals surface area contributed by atoms with Gasteiger partial charge in [0, 0.05) is 24.7 Å². The molecular formula is C22H23N3O4. The van der Waals surface area contributed by atoms with Crippen molar-refractivity contribution in [1.82, 2.24) is 15.0 Å². The van der Waals surface area contributed by atoms with Gasteiger partial charge in [0.1, 0.15) is 0 Å². The molecule has 0 saturated heterocycles. The predicted molar refractivity (Wildman–Crippen MR) is 106 cm³/mol. The van der Waals surface area contributed by atoms with Gasteiger partial charge in [0.15, 0.2) is 6.61 Å². The molecule has 1 amide bonds. The molecule has 2 heterocycles. The van der Waals surface area contributed by atoms with Gasteiger partial charge < -0.3 is 14.2 Å². The third-order valence-corrected chi connectivity index (χ3v) is 5.13. The second-order valence-corrected chi connectivity index (χ2v) is 7.29. The molecule has 3 aromatic rings. The minimum absolute atomic E-state index is 0.237. The molecule has 0 unspecified atom stereocenters. The van der Waals surface area contributed by atoms with E-state index >= 15 is 0 Å². The van der Waals surface area contributed by atoms with E-state index in [1.54, 1.807) is 17.9 Å². The summed E-state index contributed by atoms with van der Waals surface area (Å²) < 4.78 is 10.6. The monoisotopic (exact) mass is 393 g/mol. The fourth-order valence-corrected chi connectivity index (χ4v) is 3.34. The van der Waals surface area contributed by atoms with Gasteiger partial charge in [-0.2, -0.15) is 0 Å². The molecule has 0 atom stereocenters. The molecule has 1 aliphatic carbocycles. The van der Waals surface area contributed by atoms with Crippen LogP contribution in [0.15, 0.2) is 40.9 Å². The number of amides is 1. The number of nitrogens with zero attached hydrogens (tertiary/aromatic N) is 3. The van der Waals surface area contributed by atoms with Crippen molar-refractivity contribution >= 4 is 23.0 Å². The maximum atomic E-state index is 12.8. The molecule has 7 nitrogen and oxygen atoms in total. The molecule has 0 radical (unpaired) electrons. The Balaban J connectivity index is 1.48. The Morgan fingerprint density at radius 2 is 2.00 bits per heavy atom. The lowest BCUT2D eigenvalue weighted by Gasteiger charge is -2.21. The largest absolute Gasteiger partial charge is 0.452 e. The molecular weight excluding hydrogens is 370 g/mol. The van der Waals surface area contributed by atoms with Crippen LogP contribution in [-0.2, 0) is 16.1 Å². The van der Waals surface area contributed by atoms with E-state index < -0.39 is 5.97 Å². The summed E-state index contributed by atoms with van der Waals surface area (Å²) in [7, 11) is 0. The van der Waals surface area contributed by atoms with Gasteiger partial charge in [0.05, 0.1) is 16.6 Å². The molecule has 0 spiro atoms. The van der Waals surface area contributed by atoms with Crippen LogP contribution in [0.25, 0.3) is 11.1 Å². The molecule has 7 heteroatoms. The molecule has 1 fully saturated rings. The van der Waals surface area contributed by atoms with Crippen LogP contribution in [0.1, 0.15) is 53.0 Å². The van der Waals surface area contributed by atoms with E-state index in [9.17, 15) is 9.59 Å². The number of carbonyl (C=O) groups excluding carboxylic acids is 2. The van der Waals surface area contributed by atoms with Crippen LogP contribution in [0.2, 0.25) is 0 Å². The number of rotatable bonds is 7. The Hall–Kier alpha value is -3.22. The average Bonchev–Trinajstić information content (AvgIpc) is 3.53. The summed E-state index contributed by atoms with van der Waals surface area (Å²) in [4.78, 5) is 31.5. The van der Waals surface area contributed by atoms with Crippen molar-refractivity contribution in [2.24, 2.45) is 0 Å². The Labute approximate surface area is 168 Å². The van der Waals surface area contributed by atoms with Crippen molar-refractivity contribution in [1.29, 1.82) is 0 Å². The van der Waals surface area contributed by atoms with Crippen molar-refractivity contribution in [2.75, 3.05) is 13.2 Å². The minimum atomic E-state index is -0.560. The van der Waals surface area contributed by atoms with Gasteiger partial charge in [-0.15, -0.1) is 0 Å². The van der Waals surface area contributed by atoms with Gasteiger partial charge in [0.2, 0.25) is 0 Å². The van der Waals surface area contributed by atoms with Gasteiger partial charge in [-0.3, -0.25) is 4.79 Å². The standard InChI is InChI=1S/C22H23N3O4/c1-3-25(12-15-7-5-4-6-8-15)19(26)13-28-22(27)17-11-18(16-9-10-16)23-21-20(17)14(2)24-29-21/h4-8,11,16H,3,9-10,12-13H2,1-2H3. The SMILES string of the molecule is CCN(Cc1ccccc1)C(=O)COC(=O)c1cc(C2CC2)nc2onc(C)c12. The predicted octanol–water partition coefficient (Wildman–Crippen LogP) is 3.61. The number of hydrogen-bond acceptors (Lipinski definition) is 6. The summed E-state index contributed by atoms with van der Waals surface area (Å²) in [6.07, 6.45) is 2.09. The van der Waals surface area contributed by atoms with E-state index in [4.69, 9.17) is 9.26 Å². The van der Waals surface area contributed by atoms with Crippen LogP contribution in [0.4, 0.5) is 0 Å². The fraction of sp³-hybridized carbons (Fsp3) is 0.364. The highest BCUT2D eigenvalue weighted by atomic mass is 16.5. The van der Waals surface area contributed by atoms with Crippen LogP contribution in [-0.4, -0.2) is 40.1 Å². The van der Waals surface area contributed by atoms with E-state index in [2.05, 4.69) is 10.1 Å². The minimum Gasteiger partial charge on any atom is -0.452 e. The van der Waals surface area contributed by atoms with Gasteiger partial charge in [0.25, 0.3) is 11.6 Å². The van der Waals surface area contributed by atoms with Crippen LogP contribution in [0.5, 0.6) is 0 Å². The highest BCUT2D eigenvalue weighted by Crippen LogP contribution is 2.40. The Kier molecular flexibility index (Phi) is 5.29. The second-order valence-electron chi connectivity index (χ2n) is 7.29. The molecule has 29 heavy (non-hydrogen) atoms. The summed E-state index contributed by atoms with van der Waals surface area (Å²) in [5.74, 6) is -0.450. The first kappa shape index (κ1) is 19.1. The number of aryl methyl sites for hydroxylation is 1. The number of pyridine rings is 1. The molecule has 0 aliphatic heterocycles. The molecule has 4 rings (SSSR count). The molecule has 1 saturated carbocycles. The zero-order valence-electron chi connectivity index (χ0n) is 16.6. The highest BCUT2D eigenvalue weighted by molar-refractivity contribution is 6.03. The normalized spacial score (nSPS) is 13.4. The number of ether oxygens (including phenoxy) is 1. The number of aromatic nitrogens is 2. The zero-order chi connectivity index (χ0) is 20.4. The number of carbonyl (C=O) groups is 2. The van der Waals surface area contributed by atoms with E-state index in [-0.39, 0.29) is 12.5 Å². The summed E-state index contributed by atoms with van der Waals surface area (Å²) >= 11 is 0. The summed E-state index contributed by atoms with van der Waals surface area (Å²) in [5.41, 5.74) is 3.11. The van der Waals surface area contributed by atoms with Crippen molar-refractivity contribution in [2.45, 2.75) is 39.2 Å². The number of fused-ring (bicyclic) bond motifs is 1. The van der Waals surface area contributed by atoms with Crippen LogP contribution in [0, 0.1) is 6.92 Å². The molecule has 150 valence electrons. The lowest BCUT2D eigenvalue weighted by atomic mass is 10.1. The topological polar surface area (TPSA) is 85.5 Å². The summed E-state index contributed by atoms with van der Waals surface area (Å²) in [6, 6.07) is 11.5. The van der Waals surface area contributed by atoms with Crippen LogP contribution >= 0.6 is 0 Å². The van der Waals surface area contributed by atoms with Gasteiger partial charge in [-0.25, -0.2) is 9.78 Å². The van der Waals surface area contributed by atoms with E-state index in [0.29, 0.717) is 41.4 Å². The average molecular weight is 393 g/mol. The van der Waals surface area contributed by atoms with Crippen LogP contribution < -0.4 is 0 Å². The lowest BCUT2D eigenvalue weighted by molar-refractivity contribution is -0.134. The third kappa shape index (κ3) is 4.13. The number of benzene rings is 1. The van der Waals surface area contributed by atoms with Crippen LogP contribution in [0.3, 0.4) is 0 Å². The summed E-state index contributed by atoms with van der Waals surface area (Å²) in [6.45, 7) is 4.35. The van der Waals surface area contributed by atoms with Crippen molar-refractivity contribution in [3.8, 4) is 0 Å². The van der Waals surface area contributed by atoms with E-state index in [1.165, 1.54) is 0 Å². The van der Waals surface area contributed by atoms with Crippen molar-refractivity contribution < 1.29 is 18.8 Å². The first-order valence-electron chi connectivity index (χ1n) is 9.82. The maximum Gasteiger partial charge on any atom is 0.339 e. The molecule has 1 aromatic carbocycles. The van der Waals surface area contributed by atoms with Gasteiger partial charge in [-0.05, 0) is 38.3 Å². The number of hydrogen-bond donors (Lipinski definition) is 0. The van der Waals surface area contributed by atoms with E-state index in [0.717, 1.165) is 24.1 Å².